The average molecular weight is 188 g/mol. The number of methoxy groups -OCH3 is 1. The number of piperidine rings is 1. The molecule has 76 valence electrons. The van der Waals surface area contributed by atoms with Crippen LogP contribution < -0.4 is 5.73 Å². The minimum Gasteiger partial charge on any atom is -0.453 e. The fourth-order valence-electron chi connectivity index (χ4n) is 1.35. The van der Waals surface area contributed by atoms with E-state index < -0.39 is 17.7 Å². The van der Waals surface area contributed by atoms with E-state index in [1.807, 2.05) is 0 Å². The number of likely N-dealkylation sites (tertiary alicyclic amines) is 1. The Morgan fingerprint density at radius 2 is 2.38 bits per heavy atom. The monoisotopic (exact) mass is 188 g/mol. The predicted octanol–water partition coefficient (Wildman–Crippen LogP) is -0.463. The van der Waals surface area contributed by atoms with Crippen LogP contribution in [0.4, 0.5) is 4.79 Å². The molecule has 1 heterocycles. The zero-order valence-electron chi connectivity index (χ0n) is 7.99. The summed E-state index contributed by atoms with van der Waals surface area (Å²) in [5.41, 5.74) is 5.20. The molecular formula is C8H16N2O3. The zero-order valence-corrected chi connectivity index (χ0v) is 7.99. The van der Waals surface area contributed by atoms with E-state index in [9.17, 15) is 9.90 Å². The molecule has 1 saturated heterocycles. The molecule has 0 aromatic heterocycles. The van der Waals surface area contributed by atoms with Gasteiger partial charge >= 0.3 is 6.09 Å². The van der Waals surface area contributed by atoms with Gasteiger partial charge in [-0.3, -0.25) is 0 Å². The molecule has 1 fully saturated rings. The van der Waals surface area contributed by atoms with Crippen LogP contribution in [0, 0.1) is 0 Å². The van der Waals surface area contributed by atoms with E-state index in [1.165, 1.54) is 12.0 Å². The lowest BCUT2D eigenvalue weighted by Crippen LogP contribution is -2.59. The van der Waals surface area contributed by atoms with Gasteiger partial charge in [0, 0.05) is 12.1 Å². The Morgan fingerprint density at radius 3 is 2.85 bits per heavy atom. The topological polar surface area (TPSA) is 75.8 Å². The van der Waals surface area contributed by atoms with Crippen LogP contribution in [0.1, 0.15) is 13.3 Å². The lowest BCUT2D eigenvalue weighted by molar-refractivity contribution is 0.0119. The number of amides is 1. The van der Waals surface area contributed by atoms with E-state index in [1.54, 1.807) is 6.92 Å². The first kappa shape index (κ1) is 10.3. The predicted molar refractivity (Wildman–Crippen MR) is 47.2 cm³/mol. The fourth-order valence-corrected chi connectivity index (χ4v) is 1.35. The van der Waals surface area contributed by atoms with Crippen molar-refractivity contribution in [2.45, 2.75) is 25.0 Å². The van der Waals surface area contributed by atoms with E-state index in [-0.39, 0.29) is 6.54 Å². The lowest BCUT2D eigenvalue weighted by atomic mass is 9.88. The minimum absolute atomic E-state index is 0.250. The summed E-state index contributed by atoms with van der Waals surface area (Å²) in [6.07, 6.45) is -0.501. The Morgan fingerprint density at radius 1 is 1.77 bits per heavy atom. The Hall–Kier alpha value is -0.810. The van der Waals surface area contributed by atoms with Crippen LogP contribution in [0.2, 0.25) is 0 Å². The second kappa shape index (κ2) is 3.51. The van der Waals surface area contributed by atoms with E-state index in [2.05, 4.69) is 4.74 Å². The van der Waals surface area contributed by atoms with Crippen molar-refractivity contribution < 1.29 is 14.6 Å². The number of hydrogen-bond donors (Lipinski definition) is 2. The summed E-state index contributed by atoms with van der Waals surface area (Å²) in [5, 5.41) is 9.58. The van der Waals surface area contributed by atoms with Gasteiger partial charge in [-0.25, -0.2) is 4.79 Å². The molecular weight excluding hydrogens is 172 g/mol. The van der Waals surface area contributed by atoms with Gasteiger partial charge in [-0.05, 0) is 13.3 Å². The van der Waals surface area contributed by atoms with Crippen molar-refractivity contribution in [2.24, 2.45) is 5.73 Å². The summed E-state index contributed by atoms with van der Waals surface area (Å²) in [5.74, 6) is 0. The molecule has 1 aliphatic heterocycles. The van der Waals surface area contributed by atoms with Crippen molar-refractivity contribution in [3.05, 3.63) is 0 Å². The molecule has 0 aliphatic carbocycles. The maximum atomic E-state index is 11.1. The van der Waals surface area contributed by atoms with Crippen LogP contribution in [0.3, 0.4) is 0 Å². The number of nitrogens with zero attached hydrogens (tertiary/aromatic N) is 1. The number of aliphatic hydroxyl groups excluding tert-OH is 1. The second-order valence-corrected chi connectivity index (χ2v) is 3.69. The molecule has 1 amide bonds. The van der Waals surface area contributed by atoms with Crippen molar-refractivity contribution in [3.8, 4) is 0 Å². The van der Waals surface area contributed by atoms with Gasteiger partial charge in [0.05, 0.1) is 19.8 Å². The number of rotatable bonds is 0. The van der Waals surface area contributed by atoms with Gasteiger partial charge in [-0.1, -0.05) is 0 Å². The number of carbonyl (C=O) groups excluding carboxylic acids is 1. The number of carbonyl (C=O) groups is 1. The summed E-state index contributed by atoms with van der Waals surface area (Å²) in [4.78, 5) is 12.5. The molecule has 1 aliphatic rings. The van der Waals surface area contributed by atoms with E-state index in [0.717, 1.165) is 0 Å². The van der Waals surface area contributed by atoms with Crippen LogP contribution in [-0.4, -0.2) is 47.9 Å². The molecule has 5 nitrogen and oxygen atoms in total. The molecule has 0 radical (unpaired) electrons. The van der Waals surface area contributed by atoms with Gasteiger partial charge in [0.25, 0.3) is 0 Å². The van der Waals surface area contributed by atoms with Crippen LogP contribution in [0.25, 0.3) is 0 Å². The van der Waals surface area contributed by atoms with Crippen LogP contribution >= 0.6 is 0 Å². The molecule has 2 unspecified atom stereocenters. The molecule has 0 aromatic rings. The molecule has 0 saturated carbocycles. The largest absolute Gasteiger partial charge is 0.453 e. The summed E-state index contributed by atoms with van der Waals surface area (Å²) in [7, 11) is 1.32. The maximum absolute atomic E-state index is 11.1. The SMILES string of the molecule is COC(=O)N1CCC(C)(N)C(O)C1. The highest BCUT2D eigenvalue weighted by atomic mass is 16.5. The first-order chi connectivity index (χ1) is 5.97. The Bertz CT molecular complexity index is 206. The highest BCUT2D eigenvalue weighted by Crippen LogP contribution is 2.19. The van der Waals surface area contributed by atoms with Gasteiger partial charge < -0.3 is 20.5 Å². The maximum Gasteiger partial charge on any atom is 0.409 e. The quantitative estimate of drug-likeness (QED) is 0.539. The second-order valence-electron chi connectivity index (χ2n) is 3.69. The highest BCUT2D eigenvalue weighted by Gasteiger charge is 2.36. The van der Waals surface area contributed by atoms with Gasteiger partial charge in [-0.2, -0.15) is 0 Å². The van der Waals surface area contributed by atoms with Gasteiger partial charge in [-0.15, -0.1) is 0 Å². The Kier molecular flexibility index (Phi) is 2.77. The zero-order chi connectivity index (χ0) is 10.1. The Labute approximate surface area is 77.5 Å². The first-order valence-corrected chi connectivity index (χ1v) is 4.27. The van der Waals surface area contributed by atoms with Gasteiger partial charge in [0.15, 0.2) is 0 Å². The molecule has 5 heteroatoms. The highest BCUT2D eigenvalue weighted by molar-refractivity contribution is 5.67. The number of β-amino-alcohol motifs (C(OH)–C–C–N with tert-alkyl or cyclic N) is 1. The van der Waals surface area contributed by atoms with Crippen molar-refractivity contribution >= 4 is 6.09 Å². The normalized spacial score (nSPS) is 34.5. The van der Waals surface area contributed by atoms with E-state index >= 15 is 0 Å². The molecule has 3 N–H and O–H groups in total. The van der Waals surface area contributed by atoms with Gasteiger partial charge in [0.1, 0.15) is 0 Å². The van der Waals surface area contributed by atoms with Crippen molar-refractivity contribution in [2.75, 3.05) is 20.2 Å². The molecule has 0 spiro atoms. The molecule has 2 atom stereocenters. The standard InChI is InChI=1S/C8H16N2O3/c1-8(9)3-4-10(5-6(8)11)7(12)13-2/h6,11H,3-5,9H2,1-2H3. The van der Waals surface area contributed by atoms with Crippen molar-refractivity contribution in [3.63, 3.8) is 0 Å². The minimum atomic E-state index is -0.680. The summed E-state index contributed by atoms with van der Waals surface area (Å²) < 4.78 is 4.54. The van der Waals surface area contributed by atoms with Gasteiger partial charge in [0.2, 0.25) is 0 Å². The Balaban J connectivity index is 2.56. The van der Waals surface area contributed by atoms with Crippen molar-refractivity contribution in [1.82, 2.24) is 4.90 Å². The number of nitrogens with two attached hydrogens (primary N) is 1. The smallest absolute Gasteiger partial charge is 0.409 e. The van der Waals surface area contributed by atoms with Crippen molar-refractivity contribution in [1.29, 1.82) is 0 Å². The van der Waals surface area contributed by atoms with Crippen LogP contribution in [0.15, 0.2) is 0 Å². The number of hydrogen-bond acceptors (Lipinski definition) is 4. The summed E-state index contributed by atoms with van der Waals surface area (Å²) in [6.45, 7) is 2.57. The van der Waals surface area contributed by atoms with Crippen LogP contribution in [0.5, 0.6) is 0 Å². The molecule has 0 aromatic carbocycles. The molecule has 13 heavy (non-hydrogen) atoms. The first-order valence-electron chi connectivity index (χ1n) is 4.27. The van der Waals surface area contributed by atoms with Crippen LogP contribution in [-0.2, 0) is 4.74 Å². The lowest BCUT2D eigenvalue weighted by Gasteiger charge is -2.40. The average Bonchev–Trinajstić information content (AvgIpc) is 2.08. The third kappa shape index (κ3) is 2.10. The third-order valence-electron chi connectivity index (χ3n) is 2.51. The van der Waals surface area contributed by atoms with E-state index in [4.69, 9.17) is 5.73 Å². The summed E-state index contributed by atoms with van der Waals surface area (Å²) >= 11 is 0. The van der Waals surface area contributed by atoms with E-state index in [0.29, 0.717) is 13.0 Å². The fraction of sp³-hybridized carbons (Fsp3) is 0.875. The third-order valence-corrected chi connectivity index (χ3v) is 2.51. The molecule has 0 bridgehead atoms. The number of aliphatic hydroxyl groups is 1. The number of ether oxygens (including phenoxy) is 1. The summed E-state index contributed by atoms with van der Waals surface area (Å²) in [6, 6.07) is 0. The molecule has 1 rings (SSSR count).